The van der Waals surface area contributed by atoms with Gasteiger partial charge in [-0.2, -0.15) is 0 Å². The van der Waals surface area contributed by atoms with Gasteiger partial charge in [0.2, 0.25) is 0 Å². The van der Waals surface area contributed by atoms with Gasteiger partial charge in [-0.25, -0.2) is 9.98 Å². The number of amidine groups is 1. The van der Waals surface area contributed by atoms with Gasteiger partial charge in [-0.15, -0.1) is 0 Å². The molecule has 1 atom stereocenters. The lowest BCUT2D eigenvalue weighted by Crippen LogP contribution is -2.17. The molecule has 2 aromatic rings. The number of rotatable bonds is 2. The standard InChI is InChI=1S/C22H18N2OS/c25-12-21-23-13-26-22(24-21)20-7-3-6-16-18-9-8-14-4-1-2-5-15(14)17(18)10-11-19(16)20/h1-2,4-5,7,10-13,22H,3,6,8-9H2. The van der Waals surface area contributed by atoms with Gasteiger partial charge in [-0.1, -0.05) is 54.2 Å². The molecule has 0 spiro atoms. The molecule has 0 saturated heterocycles. The number of fused-ring (bicyclic) bond motifs is 5. The number of carbonyl (C=O) groups is 1. The SMILES string of the molecule is O=CC1=NC(C2=CCCc3c2ccc2c3CCc3ccccc3-2)SC=N1. The summed E-state index contributed by atoms with van der Waals surface area (Å²) in [5, 5.41) is -0.0688. The second-order valence-corrected chi connectivity index (χ2v) is 7.73. The smallest absolute Gasteiger partial charge is 0.189 e. The fourth-order valence-electron chi connectivity index (χ4n) is 4.29. The van der Waals surface area contributed by atoms with Crippen molar-refractivity contribution >= 4 is 35.0 Å². The van der Waals surface area contributed by atoms with Crippen molar-refractivity contribution in [2.45, 2.75) is 31.1 Å². The van der Waals surface area contributed by atoms with Crippen molar-refractivity contribution in [1.82, 2.24) is 0 Å². The van der Waals surface area contributed by atoms with Crippen LogP contribution in [0.15, 0.2) is 52.5 Å². The lowest BCUT2D eigenvalue weighted by atomic mass is 9.78. The van der Waals surface area contributed by atoms with Gasteiger partial charge < -0.3 is 0 Å². The summed E-state index contributed by atoms with van der Waals surface area (Å²) in [5.74, 6) is 0.286. The molecule has 0 fully saturated rings. The number of nitrogens with zero attached hydrogens (tertiary/aromatic N) is 2. The first kappa shape index (κ1) is 15.8. The number of hydrogen-bond donors (Lipinski definition) is 0. The van der Waals surface area contributed by atoms with Crippen LogP contribution in [0.4, 0.5) is 0 Å². The first-order chi connectivity index (χ1) is 12.8. The van der Waals surface area contributed by atoms with E-state index in [2.05, 4.69) is 52.5 Å². The van der Waals surface area contributed by atoms with Crippen LogP contribution >= 0.6 is 11.8 Å². The Morgan fingerprint density at radius 2 is 1.81 bits per heavy atom. The molecule has 0 saturated carbocycles. The molecule has 1 aliphatic heterocycles. The summed E-state index contributed by atoms with van der Waals surface area (Å²) in [6, 6.07) is 13.3. The van der Waals surface area contributed by atoms with Crippen LogP contribution in [0.1, 0.15) is 28.7 Å². The maximum Gasteiger partial charge on any atom is 0.189 e. The van der Waals surface area contributed by atoms with Crippen molar-refractivity contribution in [3.05, 3.63) is 64.7 Å². The summed E-state index contributed by atoms with van der Waals surface area (Å²) in [5.41, 5.74) is 11.5. The molecule has 0 aromatic heterocycles. The Bertz CT molecular complexity index is 1000. The third-order valence-corrected chi connectivity index (χ3v) is 6.29. The first-order valence-electron chi connectivity index (χ1n) is 8.99. The van der Waals surface area contributed by atoms with Gasteiger partial charge >= 0.3 is 0 Å². The Hall–Kier alpha value is -2.46. The lowest BCUT2D eigenvalue weighted by molar-refractivity contribution is -0.102. The van der Waals surface area contributed by atoms with Crippen LogP contribution in [0, 0.1) is 0 Å². The van der Waals surface area contributed by atoms with Gasteiger partial charge in [0.1, 0.15) is 5.37 Å². The van der Waals surface area contributed by atoms with Crippen LogP contribution in [0.2, 0.25) is 0 Å². The van der Waals surface area contributed by atoms with Gasteiger partial charge in [0, 0.05) is 0 Å². The molecule has 1 unspecified atom stereocenters. The maximum atomic E-state index is 11.1. The molecule has 26 heavy (non-hydrogen) atoms. The normalized spacial score (nSPS) is 20.4. The minimum absolute atomic E-state index is 0.0688. The fraction of sp³-hybridized carbons (Fsp3) is 0.227. The minimum Gasteiger partial charge on any atom is -0.294 e. The summed E-state index contributed by atoms with van der Waals surface area (Å²) < 4.78 is 0. The van der Waals surface area contributed by atoms with E-state index in [0.29, 0.717) is 0 Å². The van der Waals surface area contributed by atoms with Gasteiger partial charge in [0.05, 0.1) is 5.55 Å². The molecule has 128 valence electrons. The van der Waals surface area contributed by atoms with Gasteiger partial charge in [-0.3, -0.25) is 4.79 Å². The van der Waals surface area contributed by atoms with E-state index >= 15 is 0 Å². The summed E-state index contributed by atoms with van der Waals surface area (Å²) >= 11 is 1.57. The molecule has 4 heteroatoms. The van der Waals surface area contributed by atoms with Crippen LogP contribution in [0.5, 0.6) is 0 Å². The average Bonchev–Trinajstić information content (AvgIpc) is 2.72. The highest BCUT2D eigenvalue weighted by Gasteiger charge is 2.27. The average molecular weight is 358 g/mol. The Kier molecular flexibility index (Phi) is 3.86. The van der Waals surface area contributed by atoms with E-state index in [-0.39, 0.29) is 11.2 Å². The van der Waals surface area contributed by atoms with Crippen LogP contribution < -0.4 is 0 Å². The van der Waals surface area contributed by atoms with E-state index in [1.807, 2.05) is 0 Å². The molecule has 0 amide bonds. The second-order valence-electron chi connectivity index (χ2n) is 6.80. The molecule has 1 heterocycles. The summed E-state index contributed by atoms with van der Waals surface area (Å²) in [4.78, 5) is 19.6. The first-order valence-corrected chi connectivity index (χ1v) is 9.94. The second kappa shape index (κ2) is 6.36. The Morgan fingerprint density at radius 1 is 0.962 bits per heavy atom. The topological polar surface area (TPSA) is 41.8 Å². The van der Waals surface area contributed by atoms with Crippen molar-refractivity contribution < 1.29 is 4.79 Å². The Morgan fingerprint density at radius 3 is 2.73 bits per heavy atom. The summed E-state index contributed by atoms with van der Waals surface area (Å²) in [7, 11) is 0. The molecule has 3 nitrogen and oxygen atoms in total. The van der Waals surface area contributed by atoms with Crippen LogP contribution in [-0.2, 0) is 24.1 Å². The van der Waals surface area contributed by atoms with E-state index in [1.165, 1.54) is 39.0 Å². The number of hydrogen-bond acceptors (Lipinski definition) is 4. The minimum atomic E-state index is -0.0688. The third-order valence-electron chi connectivity index (χ3n) is 5.45. The zero-order valence-electron chi connectivity index (χ0n) is 14.3. The third kappa shape index (κ3) is 2.48. The quantitative estimate of drug-likeness (QED) is 0.743. The molecular formula is C22H18N2OS. The highest BCUT2D eigenvalue weighted by molar-refractivity contribution is 8.13. The molecule has 0 radical (unpaired) electrons. The highest BCUT2D eigenvalue weighted by atomic mass is 32.2. The number of aldehydes is 1. The molecule has 5 rings (SSSR count). The molecule has 0 bridgehead atoms. The summed E-state index contributed by atoms with van der Waals surface area (Å²) in [6.45, 7) is 0. The van der Waals surface area contributed by atoms with Crippen molar-refractivity contribution in [1.29, 1.82) is 0 Å². The number of aryl methyl sites for hydroxylation is 1. The predicted molar refractivity (Wildman–Crippen MR) is 109 cm³/mol. The Balaban J connectivity index is 1.61. The van der Waals surface area contributed by atoms with Crippen LogP contribution in [0.3, 0.4) is 0 Å². The van der Waals surface area contributed by atoms with E-state index < -0.39 is 0 Å². The van der Waals surface area contributed by atoms with Crippen molar-refractivity contribution in [3.8, 4) is 11.1 Å². The zero-order chi connectivity index (χ0) is 17.5. The molecule has 2 aliphatic carbocycles. The Labute approximate surface area is 157 Å². The van der Waals surface area contributed by atoms with Gasteiger partial charge in [-0.05, 0) is 64.6 Å². The van der Waals surface area contributed by atoms with Crippen molar-refractivity contribution in [2.24, 2.45) is 9.98 Å². The number of allylic oxidation sites excluding steroid dienone is 1. The van der Waals surface area contributed by atoms with Gasteiger partial charge in [0.25, 0.3) is 0 Å². The maximum absolute atomic E-state index is 11.1. The van der Waals surface area contributed by atoms with E-state index in [9.17, 15) is 4.79 Å². The lowest BCUT2D eigenvalue weighted by Gasteiger charge is -2.29. The fourth-order valence-corrected chi connectivity index (χ4v) is 5.12. The summed E-state index contributed by atoms with van der Waals surface area (Å²) in [6.07, 6.45) is 7.34. The van der Waals surface area contributed by atoms with Crippen molar-refractivity contribution in [2.75, 3.05) is 0 Å². The zero-order valence-corrected chi connectivity index (χ0v) is 15.1. The van der Waals surface area contributed by atoms with E-state index in [1.54, 1.807) is 17.3 Å². The number of benzene rings is 2. The van der Waals surface area contributed by atoms with E-state index in [4.69, 9.17) is 0 Å². The van der Waals surface area contributed by atoms with E-state index in [0.717, 1.165) is 32.0 Å². The number of carbonyl (C=O) groups excluding carboxylic acids is 1. The van der Waals surface area contributed by atoms with Crippen LogP contribution in [0.25, 0.3) is 16.7 Å². The number of aliphatic imine (C=N–C) groups is 2. The molecule has 0 N–H and O–H groups in total. The molecular weight excluding hydrogens is 340 g/mol. The predicted octanol–water partition coefficient (Wildman–Crippen LogP) is 4.48. The van der Waals surface area contributed by atoms with Crippen molar-refractivity contribution in [3.63, 3.8) is 0 Å². The molecule has 2 aromatic carbocycles. The van der Waals surface area contributed by atoms with Gasteiger partial charge in [0.15, 0.2) is 12.1 Å². The molecule has 3 aliphatic rings. The highest BCUT2D eigenvalue weighted by Crippen LogP contribution is 2.42. The monoisotopic (exact) mass is 358 g/mol. The van der Waals surface area contributed by atoms with Crippen LogP contribution in [-0.4, -0.2) is 23.0 Å². The largest absolute Gasteiger partial charge is 0.294 e. The number of thioether (sulfide) groups is 1.